The van der Waals surface area contributed by atoms with Crippen LogP contribution in [0.1, 0.15) is 33.1 Å². The molecule has 0 aliphatic carbocycles. The van der Waals surface area contributed by atoms with E-state index in [-0.39, 0.29) is 24.0 Å². The smallest absolute Gasteiger partial charge is 0.191 e. The Labute approximate surface area is 147 Å². The van der Waals surface area contributed by atoms with E-state index in [1.807, 2.05) is 14.0 Å². The first-order valence-electron chi connectivity index (χ1n) is 8.00. The van der Waals surface area contributed by atoms with Gasteiger partial charge in [-0.25, -0.2) is 0 Å². The monoisotopic (exact) mass is 412 g/mol. The Kier molecular flexibility index (Phi) is 13.5. The number of hydrogen-bond donors (Lipinski definition) is 2. The molecule has 0 spiro atoms. The molecule has 0 unspecified atom stereocenters. The fourth-order valence-corrected chi connectivity index (χ4v) is 2.40. The first kappa shape index (κ1) is 20.9. The summed E-state index contributed by atoms with van der Waals surface area (Å²) in [6.45, 7) is 11.4. The Bertz CT molecular complexity index is 268. The van der Waals surface area contributed by atoms with Crippen LogP contribution in [0.2, 0.25) is 0 Å². The molecule has 1 saturated heterocycles. The molecule has 1 fully saturated rings. The summed E-state index contributed by atoms with van der Waals surface area (Å²) < 4.78 is 5.29. The molecule has 6 heteroatoms. The van der Waals surface area contributed by atoms with Gasteiger partial charge in [0.1, 0.15) is 0 Å². The lowest BCUT2D eigenvalue weighted by molar-refractivity contribution is 0.152. The molecular weight excluding hydrogens is 379 g/mol. The first-order valence-corrected chi connectivity index (χ1v) is 8.00. The third-order valence-corrected chi connectivity index (χ3v) is 3.79. The van der Waals surface area contributed by atoms with Crippen molar-refractivity contribution in [1.29, 1.82) is 0 Å². The number of nitrogens with zero attached hydrogens (tertiary/aromatic N) is 2. The summed E-state index contributed by atoms with van der Waals surface area (Å²) in [5.74, 6) is 1.79. The molecule has 0 aromatic heterocycles. The van der Waals surface area contributed by atoms with Crippen LogP contribution >= 0.6 is 24.0 Å². The van der Waals surface area contributed by atoms with Crippen molar-refractivity contribution in [2.45, 2.75) is 33.1 Å². The SMILES string of the molecule is CCOCCNC(=NC)NCCCN1CCC(C)CC1.I. The maximum atomic E-state index is 5.29. The number of rotatable bonds is 8. The summed E-state index contributed by atoms with van der Waals surface area (Å²) >= 11 is 0. The van der Waals surface area contributed by atoms with E-state index in [1.54, 1.807) is 0 Å². The van der Waals surface area contributed by atoms with E-state index in [4.69, 9.17) is 4.74 Å². The maximum absolute atomic E-state index is 5.29. The fourth-order valence-electron chi connectivity index (χ4n) is 2.40. The topological polar surface area (TPSA) is 48.9 Å². The van der Waals surface area contributed by atoms with Crippen LogP contribution in [0.15, 0.2) is 4.99 Å². The van der Waals surface area contributed by atoms with Gasteiger partial charge in [0.2, 0.25) is 0 Å². The van der Waals surface area contributed by atoms with Gasteiger partial charge in [0, 0.05) is 26.7 Å². The van der Waals surface area contributed by atoms with Gasteiger partial charge in [-0.2, -0.15) is 0 Å². The van der Waals surface area contributed by atoms with E-state index in [0.29, 0.717) is 0 Å². The molecule has 0 aromatic rings. The molecule has 1 heterocycles. The minimum absolute atomic E-state index is 0. The van der Waals surface area contributed by atoms with Crippen LogP contribution < -0.4 is 10.6 Å². The number of halogens is 1. The highest BCUT2D eigenvalue weighted by Gasteiger charge is 2.14. The summed E-state index contributed by atoms with van der Waals surface area (Å²) in [6.07, 6.45) is 3.88. The van der Waals surface area contributed by atoms with Crippen molar-refractivity contribution in [2.24, 2.45) is 10.9 Å². The Morgan fingerprint density at radius 3 is 2.52 bits per heavy atom. The molecule has 1 aliphatic heterocycles. The number of nitrogens with one attached hydrogen (secondary N) is 2. The second-order valence-electron chi connectivity index (χ2n) is 5.50. The van der Waals surface area contributed by atoms with Gasteiger partial charge in [-0.3, -0.25) is 4.99 Å². The summed E-state index contributed by atoms with van der Waals surface area (Å²) in [5, 5.41) is 6.60. The second-order valence-corrected chi connectivity index (χ2v) is 5.50. The molecule has 0 radical (unpaired) electrons. The summed E-state index contributed by atoms with van der Waals surface area (Å²) in [7, 11) is 1.81. The molecule has 0 saturated carbocycles. The number of hydrogen-bond acceptors (Lipinski definition) is 3. The van der Waals surface area contributed by atoms with E-state index in [1.165, 1.54) is 38.9 Å². The van der Waals surface area contributed by atoms with Gasteiger partial charge in [-0.05, 0) is 51.7 Å². The molecule has 1 rings (SSSR count). The fraction of sp³-hybridized carbons (Fsp3) is 0.933. The van der Waals surface area contributed by atoms with Gasteiger partial charge < -0.3 is 20.3 Å². The van der Waals surface area contributed by atoms with Crippen LogP contribution in [0.25, 0.3) is 0 Å². The largest absolute Gasteiger partial charge is 0.380 e. The zero-order valence-corrected chi connectivity index (χ0v) is 16.2. The van der Waals surface area contributed by atoms with E-state index in [0.717, 1.165) is 38.2 Å². The predicted octanol–water partition coefficient (Wildman–Crippen LogP) is 1.93. The van der Waals surface area contributed by atoms with Crippen molar-refractivity contribution in [3.8, 4) is 0 Å². The van der Waals surface area contributed by atoms with Crippen LogP contribution in [0.4, 0.5) is 0 Å². The summed E-state index contributed by atoms with van der Waals surface area (Å²) in [6, 6.07) is 0. The predicted molar refractivity (Wildman–Crippen MR) is 101 cm³/mol. The highest BCUT2D eigenvalue weighted by molar-refractivity contribution is 14.0. The van der Waals surface area contributed by atoms with Gasteiger partial charge in [0.25, 0.3) is 0 Å². The number of guanidine groups is 1. The van der Waals surface area contributed by atoms with E-state index in [2.05, 4.69) is 27.4 Å². The van der Waals surface area contributed by atoms with Crippen LogP contribution in [0.3, 0.4) is 0 Å². The van der Waals surface area contributed by atoms with Gasteiger partial charge >= 0.3 is 0 Å². The summed E-state index contributed by atoms with van der Waals surface area (Å²) in [4.78, 5) is 6.78. The Morgan fingerprint density at radius 1 is 1.24 bits per heavy atom. The number of ether oxygens (including phenoxy) is 1. The van der Waals surface area contributed by atoms with Crippen LogP contribution in [0.5, 0.6) is 0 Å². The molecule has 0 atom stereocenters. The molecule has 2 N–H and O–H groups in total. The number of aliphatic imine (C=N–C) groups is 1. The molecule has 1 aliphatic rings. The zero-order chi connectivity index (χ0) is 14.6. The van der Waals surface area contributed by atoms with Crippen molar-refractivity contribution in [2.75, 3.05) is 53.0 Å². The zero-order valence-electron chi connectivity index (χ0n) is 13.9. The molecule has 21 heavy (non-hydrogen) atoms. The van der Waals surface area contributed by atoms with Crippen molar-refractivity contribution in [1.82, 2.24) is 15.5 Å². The van der Waals surface area contributed by atoms with Crippen molar-refractivity contribution >= 4 is 29.9 Å². The van der Waals surface area contributed by atoms with Gasteiger partial charge in [0.15, 0.2) is 5.96 Å². The third-order valence-electron chi connectivity index (χ3n) is 3.79. The van der Waals surface area contributed by atoms with Gasteiger partial charge in [-0.15, -0.1) is 24.0 Å². The molecule has 5 nitrogen and oxygen atoms in total. The van der Waals surface area contributed by atoms with E-state index in [9.17, 15) is 0 Å². The number of piperidine rings is 1. The molecule has 0 amide bonds. The van der Waals surface area contributed by atoms with E-state index < -0.39 is 0 Å². The van der Waals surface area contributed by atoms with Gasteiger partial charge in [0.05, 0.1) is 6.61 Å². The molecule has 126 valence electrons. The standard InChI is InChI=1S/C15H32N4O.HI/c1-4-20-13-9-18-15(16-3)17-8-5-10-19-11-6-14(2)7-12-19;/h14H,4-13H2,1-3H3,(H2,16,17,18);1H. The average molecular weight is 412 g/mol. The molecular formula is C15H33IN4O. The Balaban J connectivity index is 0.00000400. The number of likely N-dealkylation sites (tertiary alicyclic amines) is 1. The lowest BCUT2D eigenvalue weighted by atomic mass is 9.99. The second kappa shape index (κ2) is 13.6. The third kappa shape index (κ3) is 10.3. The minimum atomic E-state index is 0. The first-order chi connectivity index (χ1) is 9.76. The van der Waals surface area contributed by atoms with Crippen LogP contribution in [-0.2, 0) is 4.74 Å². The average Bonchev–Trinajstić information content (AvgIpc) is 2.47. The molecule has 0 bridgehead atoms. The van der Waals surface area contributed by atoms with Gasteiger partial charge in [-0.1, -0.05) is 6.92 Å². The summed E-state index contributed by atoms with van der Waals surface area (Å²) in [5.41, 5.74) is 0. The highest BCUT2D eigenvalue weighted by atomic mass is 127. The normalized spacial score (nSPS) is 17.4. The highest BCUT2D eigenvalue weighted by Crippen LogP contribution is 2.15. The minimum Gasteiger partial charge on any atom is -0.380 e. The maximum Gasteiger partial charge on any atom is 0.191 e. The van der Waals surface area contributed by atoms with Crippen molar-refractivity contribution in [3.63, 3.8) is 0 Å². The quantitative estimate of drug-likeness (QED) is 0.277. The van der Waals surface area contributed by atoms with Crippen LogP contribution in [-0.4, -0.2) is 63.8 Å². The molecule has 0 aromatic carbocycles. The Morgan fingerprint density at radius 2 is 1.90 bits per heavy atom. The lowest BCUT2D eigenvalue weighted by Crippen LogP contribution is -2.40. The van der Waals surface area contributed by atoms with Crippen molar-refractivity contribution in [3.05, 3.63) is 0 Å². The lowest BCUT2D eigenvalue weighted by Gasteiger charge is -2.30. The van der Waals surface area contributed by atoms with Crippen molar-refractivity contribution < 1.29 is 4.74 Å². The van der Waals surface area contributed by atoms with Crippen LogP contribution in [0, 0.1) is 5.92 Å². The Hall–Kier alpha value is -0.0800. The van der Waals surface area contributed by atoms with E-state index >= 15 is 0 Å².